The number of hydrazine groups is 1. The van der Waals surface area contributed by atoms with Crippen molar-refractivity contribution in [1.29, 1.82) is 0 Å². The van der Waals surface area contributed by atoms with E-state index in [4.69, 9.17) is 5.84 Å². The molecule has 9 heteroatoms. The highest BCUT2D eigenvalue weighted by Crippen LogP contribution is 2.36. The van der Waals surface area contributed by atoms with Crippen LogP contribution in [-0.4, -0.2) is 26.2 Å². The summed E-state index contributed by atoms with van der Waals surface area (Å²) < 4.78 is 1.94. The zero-order chi connectivity index (χ0) is 14.1. The first-order chi connectivity index (χ1) is 9.70. The molecule has 20 heavy (non-hydrogen) atoms. The van der Waals surface area contributed by atoms with Gasteiger partial charge in [0.1, 0.15) is 17.7 Å². The van der Waals surface area contributed by atoms with Gasteiger partial charge in [0.25, 0.3) is 0 Å². The van der Waals surface area contributed by atoms with Gasteiger partial charge >= 0.3 is 5.69 Å². The first kappa shape index (κ1) is 12.4. The first-order valence-corrected chi connectivity index (χ1v) is 6.06. The number of fused-ring (bicyclic) bond motifs is 1. The van der Waals surface area contributed by atoms with Gasteiger partial charge in [-0.05, 0) is 12.1 Å². The van der Waals surface area contributed by atoms with Gasteiger partial charge in [-0.3, -0.25) is 16.0 Å². The Labute approximate surface area is 114 Å². The topological polar surface area (TPSA) is 115 Å². The van der Waals surface area contributed by atoms with Gasteiger partial charge in [-0.25, -0.2) is 0 Å². The molecular weight excluding hydrogens is 262 g/mol. The average Bonchev–Trinajstić information content (AvgIpc) is 2.93. The van der Waals surface area contributed by atoms with Crippen LogP contribution in [0.15, 0.2) is 24.5 Å². The van der Waals surface area contributed by atoms with Crippen molar-refractivity contribution in [2.45, 2.75) is 13.1 Å². The lowest BCUT2D eigenvalue weighted by Crippen LogP contribution is -2.34. The van der Waals surface area contributed by atoms with E-state index >= 15 is 0 Å². The fourth-order valence-corrected chi connectivity index (χ4v) is 2.37. The molecule has 0 spiro atoms. The number of anilines is 2. The summed E-state index contributed by atoms with van der Waals surface area (Å²) in [6.07, 6.45) is 1.67. The third kappa shape index (κ3) is 1.93. The predicted molar refractivity (Wildman–Crippen MR) is 72.0 cm³/mol. The molecule has 3 N–H and O–H groups in total. The Bertz CT molecular complexity index is 654. The molecule has 2 heterocycles. The van der Waals surface area contributed by atoms with Crippen molar-refractivity contribution in [3.8, 4) is 0 Å². The van der Waals surface area contributed by atoms with Crippen LogP contribution in [0.2, 0.25) is 0 Å². The van der Waals surface area contributed by atoms with Crippen LogP contribution < -0.4 is 16.2 Å². The van der Waals surface area contributed by atoms with Gasteiger partial charge in [-0.15, -0.1) is 10.2 Å². The molecular formula is C11H13N7O2. The van der Waals surface area contributed by atoms with Crippen LogP contribution >= 0.6 is 0 Å². The largest absolute Gasteiger partial charge is 0.357 e. The number of hydrogen-bond donors (Lipinski definition) is 2. The molecule has 0 bridgehead atoms. The van der Waals surface area contributed by atoms with Crippen molar-refractivity contribution in [3.63, 3.8) is 0 Å². The average molecular weight is 275 g/mol. The minimum absolute atomic E-state index is 0.0250. The summed E-state index contributed by atoms with van der Waals surface area (Å²) in [4.78, 5) is 12.8. The zero-order valence-electron chi connectivity index (χ0n) is 10.6. The standard InChI is InChI=1S/C11H13N7O2/c12-14-8-2-1-3-9(11(8)18(19)20)16-4-5-17-7-13-15-10(17)6-16/h1-3,7,14H,4-6,12H2. The molecule has 0 aliphatic carbocycles. The number of rotatable bonds is 3. The summed E-state index contributed by atoms with van der Waals surface area (Å²) in [6.45, 7) is 1.83. The molecule has 9 nitrogen and oxygen atoms in total. The molecule has 1 aromatic carbocycles. The number of nitro benzene ring substituents is 1. The van der Waals surface area contributed by atoms with Crippen molar-refractivity contribution in [2.24, 2.45) is 5.84 Å². The van der Waals surface area contributed by atoms with Crippen molar-refractivity contribution in [1.82, 2.24) is 14.8 Å². The van der Waals surface area contributed by atoms with E-state index in [0.29, 0.717) is 31.0 Å². The van der Waals surface area contributed by atoms with Crippen LogP contribution in [0.5, 0.6) is 0 Å². The monoisotopic (exact) mass is 275 g/mol. The Hall–Kier alpha value is -2.68. The lowest BCUT2D eigenvalue weighted by molar-refractivity contribution is -0.383. The second kappa shape index (κ2) is 4.78. The maximum absolute atomic E-state index is 11.3. The second-order valence-electron chi connectivity index (χ2n) is 4.44. The van der Waals surface area contributed by atoms with E-state index in [0.717, 1.165) is 5.82 Å². The number of benzene rings is 1. The van der Waals surface area contributed by atoms with E-state index in [2.05, 4.69) is 15.6 Å². The molecule has 0 saturated heterocycles. The highest BCUT2D eigenvalue weighted by Gasteiger charge is 2.26. The number of aromatic nitrogens is 3. The fraction of sp³-hybridized carbons (Fsp3) is 0.273. The van der Waals surface area contributed by atoms with Gasteiger partial charge < -0.3 is 14.9 Å². The quantitative estimate of drug-likeness (QED) is 0.476. The Kier molecular flexibility index (Phi) is 2.95. The van der Waals surface area contributed by atoms with Crippen LogP contribution in [0.4, 0.5) is 17.1 Å². The van der Waals surface area contributed by atoms with Gasteiger partial charge in [0.15, 0.2) is 5.82 Å². The van der Waals surface area contributed by atoms with Crippen molar-refractivity contribution in [3.05, 3.63) is 40.5 Å². The summed E-state index contributed by atoms with van der Waals surface area (Å²) in [7, 11) is 0. The SMILES string of the molecule is NNc1cccc(N2CCn3cnnc3C2)c1[N+](=O)[O-]. The first-order valence-electron chi connectivity index (χ1n) is 6.06. The van der Waals surface area contributed by atoms with Crippen molar-refractivity contribution >= 4 is 17.1 Å². The summed E-state index contributed by atoms with van der Waals surface area (Å²) in [5.74, 6) is 6.14. The number of hydrogen-bond acceptors (Lipinski definition) is 7. The van der Waals surface area contributed by atoms with Crippen molar-refractivity contribution < 1.29 is 4.92 Å². The fourth-order valence-electron chi connectivity index (χ4n) is 2.37. The molecule has 0 fully saturated rings. The van der Waals surface area contributed by atoms with Gasteiger partial charge in [-0.1, -0.05) is 6.07 Å². The molecule has 0 unspecified atom stereocenters. The molecule has 0 saturated carbocycles. The smallest absolute Gasteiger partial charge is 0.316 e. The van der Waals surface area contributed by atoms with Crippen LogP contribution in [0.25, 0.3) is 0 Å². The van der Waals surface area contributed by atoms with E-state index in [1.807, 2.05) is 9.47 Å². The van der Waals surface area contributed by atoms with Gasteiger partial charge in [0.05, 0.1) is 11.5 Å². The van der Waals surface area contributed by atoms with Crippen LogP contribution in [0.3, 0.4) is 0 Å². The molecule has 0 atom stereocenters. The van der Waals surface area contributed by atoms with Crippen LogP contribution in [0, 0.1) is 10.1 Å². The van der Waals surface area contributed by atoms with E-state index in [9.17, 15) is 10.1 Å². The Balaban J connectivity index is 2.01. The summed E-state index contributed by atoms with van der Waals surface area (Å²) in [5.41, 5.74) is 3.16. The Morgan fingerprint density at radius 1 is 1.40 bits per heavy atom. The third-order valence-corrected chi connectivity index (χ3v) is 3.33. The van der Waals surface area contributed by atoms with Crippen LogP contribution in [-0.2, 0) is 13.1 Å². The molecule has 1 aliphatic heterocycles. The molecule has 3 rings (SSSR count). The van der Waals surface area contributed by atoms with Gasteiger partial charge in [0, 0.05) is 13.1 Å². The molecule has 1 aromatic heterocycles. The predicted octanol–water partition coefficient (Wildman–Crippen LogP) is 0.492. The molecule has 0 amide bonds. The number of nitrogens with one attached hydrogen (secondary N) is 1. The minimum atomic E-state index is -0.427. The van der Waals surface area contributed by atoms with Crippen molar-refractivity contribution in [2.75, 3.05) is 16.9 Å². The summed E-state index contributed by atoms with van der Waals surface area (Å²) >= 11 is 0. The number of nitrogens with zero attached hydrogens (tertiary/aromatic N) is 5. The number of nitrogens with two attached hydrogens (primary N) is 1. The highest BCUT2D eigenvalue weighted by atomic mass is 16.6. The third-order valence-electron chi connectivity index (χ3n) is 3.33. The number of nitrogen functional groups attached to an aromatic ring is 1. The number of para-hydroxylation sites is 1. The van der Waals surface area contributed by atoms with Gasteiger partial charge in [0.2, 0.25) is 0 Å². The van der Waals surface area contributed by atoms with Gasteiger partial charge in [-0.2, -0.15) is 0 Å². The Morgan fingerprint density at radius 2 is 2.25 bits per heavy atom. The maximum atomic E-state index is 11.3. The molecule has 104 valence electrons. The molecule has 2 aromatic rings. The van der Waals surface area contributed by atoms with E-state index in [1.165, 1.54) is 0 Å². The highest BCUT2D eigenvalue weighted by molar-refractivity contribution is 5.76. The van der Waals surface area contributed by atoms with E-state index < -0.39 is 4.92 Å². The normalized spacial score (nSPS) is 13.9. The number of nitro groups is 1. The Morgan fingerprint density at radius 3 is 3.00 bits per heavy atom. The summed E-state index contributed by atoms with van der Waals surface area (Å²) in [6, 6.07) is 5.02. The maximum Gasteiger partial charge on any atom is 0.316 e. The molecule has 1 aliphatic rings. The van der Waals surface area contributed by atoms with E-state index in [-0.39, 0.29) is 5.69 Å². The lowest BCUT2D eigenvalue weighted by atomic mass is 10.2. The van der Waals surface area contributed by atoms with Crippen LogP contribution in [0.1, 0.15) is 5.82 Å². The minimum Gasteiger partial charge on any atom is -0.357 e. The second-order valence-corrected chi connectivity index (χ2v) is 4.44. The summed E-state index contributed by atoms with van der Waals surface area (Å²) in [5, 5.41) is 19.1. The lowest BCUT2D eigenvalue weighted by Gasteiger charge is -2.28. The zero-order valence-corrected chi connectivity index (χ0v) is 10.6. The molecule has 0 radical (unpaired) electrons. The van der Waals surface area contributed by atoms with E-state index in [1.54, 1.807) is 24.5 Å².